The average Bonchev–Trinajstić information content (AvgIpc) is 3.40. The van der Waals surface area contributed by atoms with Gasteiger partial charge in [-0.2, -0.15) is 0 Å². The predicted octanol–water partition coefficient (Wildman–Crippen LogP) is 5.14. The van der Waals surface area contributed by atoms with Gasteiger partial charge in [0.15, 0.2) is 5.13 Å². The lowest BCUT2D eigenvalue weighted by Crippen LogP contribution is -2.38. The number of aliphatic carboxylic acids is 1. The third-order valence-corrected chi connectivity index (χ3v) is 8.15. The summed E-state index contributed by atoms with van der Waals surface area (Å²) in [6.45, 7) is 10.6. The smallest absolute Gasteiger partial charge is 0.308 e. The van der Waals surface area contributed by atoms with Crippen LogP contribution in [0.25, 0.3) is 11.3 Å². The maximum absolute atomic E-state index is 11.5. The molecule has 2 saturated heterocycles. The number of carboxylic acid groups (broad SMARTS) is 1. The van der Waals surface area contributed by atoms with Gasteiger partial charge in [0.1, 0.15) is 12.4 Å². The summed E-state index contributed by atoms with van der Waals surface area (Å²) in [6.07, 6.45) is 1.60. The topological polar surface area (TPSA) is 75.1 Å². The molecule has 2 aliphatic heterocycles. The number of aryl methyl sites for hydroxylation is 2. The minimum absolute atomic E-state index is 0.331. The molecular weight excluding hydrogens is 486 g/mol. The summed E-state index contributed by atoms with van der Waals surface area (Å²) in [5, 5.41) is 12.4. The molecule has 1 atom stereocenters. The first-order valence-electron chi connectivity index (χ1n) is 13.0. The molecule has 1 aromatic heterocycles. The van der Waals surface area contributed by atoms with Crippen LogP contribution in [-0.2, 0) is 22.7 Å². The van der Waals surface area contributed by atoms with Gasteiger partial charge in [0.2, 0.25) is 0 Å². The SMILES string of the molecule is Cc1ccc(OCc2ccc(CN3CCOCC3)cc2C)c(-c2csc(N3CCC[C@@H](C(=O)O)C3)n2)c1. The van der Waals surface area contributed by atoms with E-state index in [1.807, 2.05) is 11.4 Å². The molecule has 0 aliphatic carbocycles. The molecule has 196 valence electrons. The number of thiazole rings is 1. The first-order chi connectivity index (χ1) is 18.0. The van der Waals surface area contributed by atoms with E-state index in [4.69, 9.17) is 14.5 Å². The third-order valence-electron chi connectivity index (χ3n) is 7.24. The molecule has 0 bridgehead atoms. The summed E-state index contributed by atoms with van der Waals surface area (Å²) in [4.78, 5) is 20.9. The van der Waals surface area contributed by atoms with Gasteiger partial charge in [0.05, 0.1) is 24.8 Å². The molecule has 0 amide bonds. The molecule has 3 aromatic rings. The van der Waals surface area contributed by atoms with E-state index in [-0.39, 0.29) is 5.92 Å². The Kier molecular flexibility index (Phi) is 8.08. The monoisotopic (exact) mass is 521 g/mol. The molecule has 37 heavy (non-hydrogen) atoms. The van der Waals surface area contributed by atoms with Crippen molar-refractivity contribution in [2.75, 3.05) is 44.3 Å². The molecular formula is C29H35N3O4S. The molecule has 7 nitrogen and oxygen atoms in total. The Morgan fingerprint density at radius 2 is 2.00 bits per heavy atom. The minimum Gasteiger partial charge on any atom is -0.488 e. The Morgan fingerprint density at radius 3 is 2.78 bits per heavy atom. The highest BCUT2D eigenvalue weighted by molar-refractivity contribution is 7.14. The number of benzene rings is 2. The lowest BCUT2D eigenvalue weighted by Gasteiger charge is -2.30. The average molecular weight is 522 g/mol. The highest BCUT2D eigenvalue weighted by Gasteiger charge is 2.27. The molecule has 3 heterocycles. The molecule has 0 radical (unpaired) electrons. The van der Waals surface area contributed by atoms with Crippen LogP contribution in [0.1, 0.15) is 35.1 Å². The highest BCUT2D eigenvalue weighted by Crippen LogP contribution is 2.36. The lowest BCUT2D eigenvalue weighted by atomic mass is 9.99. The van der Waals surface area contributed by atoms with Crippen LogP contribution in [0.2, 0.25) is 0 Å². The van der Waals surface area contributed by atoms with Crippen LogP contribution in [0, 0.1) is 19.8 Å². The number of piperidine rings is 1. The molecule has 2 aromatic carbocycles. The first kappa shape index (κ1) is 25.7. The van der Waals surface area contributed by atoms with Crippen LogP contribution in [0.15, 0.2) is 41.8 Å². The predicted molar refractivity (Wildman–Crippen MR) is 146 cm³/mol. The fourth-order valence-corrected chi connectivity index (χ4v) is 5.91. The van der Waals surface area contributed by atoms with E-state index in [0.29, 0.717) is 13.2 Å². The van der Waals surface area contributed by atoms with Crippen LogP contribution in [-0.4, -0.2) is 60.4 Å². The van der Waals surface area contributed by atoms with Crippen LogP contribution < -0.4 is 9.64 Å². The molecule has 0 saturated carbocycles. The standard InChI is InChI=1S/C29H35N3O4S/c1-20-5-8-27(36-18-24-7-6-22(15-21(24)2)16-31-10-12-35-13-11-31)25(14-20)26-19-37-29(30-26)32-9-3-4-23(17-32)28(33)34/h5-8,14-15,19,23H,3-4,9-13,16-18H2,1-2H3,(H,33,34)/t23-/m1/s1. The summed E-state index contributed by atoms with van der Waals surface area (Å²) in [7, 11) is 0. The van der Waals surface area contributed by atoms with Gasteiger partial charge < -0.3 is 19.5 Å². The van der Waals surface area contributed by atoms with Crippen molar-refractivity contribution in [1.29, 1.82) is 0 Å². The second-order valence-electron chi connectivity index (χ2n) is 10.1. The van der Waals surface area contributed by atoms with E-state index in [1.54, 1.807) is 11.3 Å². The number of ether oxygens (including phenoxy) is 2. The Morgan fingerprint density at radius 1 is 1.16 bits per heavy atom. The van der Waals surface area contributed by atoms with E-state index in [9.17, 15) is 9.90 Å². The number of carboxylic acids is 1. The summed E-state index contributed by atoms with van der Waals surface area (Å²) < 4.78 is 11.8. The Balaban J connectivity index is 1.28. The Labute approximate surface area is 222 Å². The highest BCUT2D eigenvalue weighted by atomic mass is 32.1. The van der Waals surface area contributed by atoms with Gasteiger partial charge in [-0.05, 0) is 55.5 Å². The maximum Gasteiger partial charge on any atom is 0.308 e. The number of anilines is 1. The normalized spacial score (nSPS) is 18.6. The van der Waals surface area contributed by atoms with Gasteiger partial charge in [-0.15, -0.1) is 11.3 Å². The van der Waals surface area contributed by atoms with E-state index in [0.717, 1.165) is 79.9 Å². The Bertz CT molecular complexity index is 1240. The fraction of sp³-hybridized carbons (Fsp3) is 0.448. The van der Waals surface area contributed by atoms with Gasteiger partial charge in [0.25, 0.3) is 0 Å². The van der Waals surface area contributed by atoms with E-state index in [2.05, 4.69) is 54.0 Å². The van der Waals surface area contributed by atoms with Crippen LogP contribution in [0.5, 0.6) is 5.75 Å². The van der Waals surface area contributed by atoms with E-state index in [1.165, 1.54) is 16.7 Å². The van der Waals surface area contributed by atoms with Crippen molar-refractivity contribution in [1.82, 2.24) is 9.88 Å². The summed E-state index contributed by atoms with van der Waals surface area (Å²) >= 11 is 1.57. The number of hydrogen-bond donors (Lipinski definition) is 1. The number of aromatic nitrogens is 1. The number of morpholine rings is 1. The zero-order valence-corrected chi connectivity index (χ0v) is 22.4. The van der Waals surface area contributed by atoms with Crippen LogP contribution >= 0.6 is 11.3 Å². The van der Waals surface area contributed by atoms with Gasteiger partial charge in [-0.25, -0.2) is 4.98 Å². The van der Waals surface area contributed by atoms with Crippen molar-refractivity contribution in [3.05, 3.63) is 64.0 Å². The van der Waals surface area contributed by atoms with Crippen molar-refractivity contribution < 1.29 is 19.4 Å². The molecule has 0 spiro atoms. The second kappa shape index (κ2) is 11.6. The second-order valence-corrected chi connectivity index (χ2v) is 10.9. The van der Waals surface area contributed by atoms with E-state index < -0.39 is 5.97 Å². The molecule has 1 N–H and O–H groups in total. The van der Waals surface area contributed by atoms with Gasteiger partial charge in [0, 0.05) is 43.7 Å². The number of rotatable bonds is 8. The van der Waals surface area contributed by atoms with Crippen molar-refractivity contribution in [2.24, 2.45) is 5.92 Å². The molecule has 2 fully saturated rings. The van der Waals surface area contributed by atoms with Crippen LogP contribution in [0.4, 0.5) is 5.13 Å². The zero-order valence-electron chi connectivity index (χ0n) is 21.6. The zero-order chi connectivity index (χ0) is 25.8. The van der Waals surface area contributed by atoms with Crippen molar-refractivity contribution in [2.45, 2.75) is 39.8 Å². The van der Waals surface area contributed by atoms with Gasteiger partial charge in [-0.1, -0.05) is 29.8 Å². The fourth-order valence-electron chi connectivity index (χ4n) is 5.05. The summed E-state index contributed by atoms with van der Waals surface area (Å²) in [5.74, 6) is -0.246. The number of hydrogen-bond acceptors (Lipinski definition) is 7. The summed E-state index contributed by atoms with van der Waals surface area (Å²) in [6, 6.07) is 12.8. The quantitative estimate of drug-likeness (QED) is 0.440. The van der Waals surface area contributed by atoms with Crippen molar-refractivity contribution in [3.63, 3.8) is 0 Å². The molecule has 5 rings (SSSR count). The third kappa shape index (κ3) is 6.32. The number of carbonyl (C=O) groups is 1. The Hall–Kier alpha value is -2.94. The largest absolute Gasteiger partial charge is 0.488 e. The lowest BCUT2D eigenvalue weighted by molar-refractivity contribution is -0.141. The first-order valence-corrected chi connectivity index (χ1v) is 13.9. The van der Waals surface area contributed by atoms with Crippen molar-refractivity contribution >= 4 is 22.4 Å². The molecule has 8 heteroatoms. The van der Waals surface area contributed by atoms with Crippen LogP contribution in [0.3, 0.4) is 0 Å². The van der Waals surface area contributed by atoms with Gasteiger partial charge in [-0.3, -0.25) is 9.69 Å². The van der Waals surface area contributed by atoms with E-state index >= 15 is 0 Å². The van der Waals surface area contributed by atoms with Crippen molar-refractivity contribution in [3.8, 4) is 17.0 Å². The molecule has 2 aliphatic rings. The number of nitrogens with zero attached hydrogens (tertiary/aromatic N) is 3. The van der Waals surface area contributed by atoms with Gasteiger partial charge >= 0.3 is 5.97 Å². The molecule has 0 unspecified atom stereocenters. The minimum atomic E-state index is -0.722. The summed E-state index contributed by atoms with van der Waals surface area (Å²) in [5.41, 5.74) is 6.70. The maximum atomic E-state index is 11.5.